The van der Waals surface area contributed by atoms with Crippen LogP contribution in [0.1, 0.15) is 0 Å². The van der Waals surface area contributed by atoms with Crippen LogP contribution in [0.3, 0.4) is 0 Å². The second-order valence-corrected chi connectivity index (χ2v) is 9.85. The fourth-order valence-corrected chi connectivity index (χ4v) is 5.44. The van der Waals surface area contributed by atoms with Gasteiger partial charge in [0, 0.05) is 62.8 Å². The standard InChI is InChI=1S/C27H26ClFN6O2/c1-33-8-9-35(27(33)37)23-3-2-16(11-22(23)28)20-13-19(29)14-21(26(20)36)17-10-18-15-31-32-25(18)24(12-17)34-6-4-30-5-7-34/h2-3,10-15,30,36H,4-9H2,1H3,(H,31,32). The van der Waals surface area contributed by atoms with Gasteiger partial charge in [-0.25, -0.2) is 9.18 Å². The number of carbonyl (C=O) groups excluding carboxylic acids is 1. The van der Waals surface area contributed by atoms with Crippen molar-refractivity contribution >= 4 is 39.9 Å². The molecule has 0 aliphatic carbocycles. The third kappa shape index (κ3) is 4.14. The molecule has 3 heterocycles. The number of H-pyrrole nitrogens is 1. The minimum absolute atomic E-state index is 0.0451. The number of anilines is 2. The largest absolute Gasteiger partial charge is 0.507 e. The number of amides is 2. The highest BCUT2D eigenvalue weighted by Gasteiger charge is 2.28. The second kappa shape index (κ2) is 9.24. The topological polar surface area (TPSA) is 87.7 Å². The van der Waals surface area contributed by atoms with Crippen LogP contribution in [0.4, 0.5) is 20.6 Å². The van der Waals surface area contributed by atoms with E-state index in [9.17, 15) is 14.3 Å². The van der Waals surface area contributed by atoms with Gasteiger partial charge in [0.1, 0.15) is 11.6 Å². The number of hydrogen-bond donors (Lipinski definition) is 3. The van der Waals surface area contributed by atoms with Crippen LogP contribution in [-0.4, -0.2) is 72.6 Å². The molecular weight excluding hydrogens is 495 g/mol. The fraction of sp³-hybridized carbons (Fsp3) is 0.259. The normalized spacial score (nSPS) is 16.3. The maximum atomic E-state index is 15.0. The number of piperazine rings is 1. The zero-order valence-electron chi connectivity index (χ0n) is 20.3. The number of benzene rings is 3. The molecule has 37 heavy (non-hydrogen) atoms. The summed E-state index contributed by atoms with van der Waals surface area (Å²) in [5.41, 5.74) is 4.40. The zero-order chi connectivity index (χ0) is 25.7. The molecule has 0 atom stereocenters. The number of nitrogens with zero attached hydrogens (tertiary/aromatic N) is 4. The van der Waals surface area contributed by atoms with E-state index < -0.39 is 5.82 Å². The summed E-state index contributed by atoms with van der Waals surface area (Å²) in [6.07, 6.45) is 1.73. The first-order valence-corrected chi connectivity index (χ1v) is 12.6. The van der Waals surface area contributed by atoms with Gasteiger partial charge in [0.2, 0.25) is 0 Å². The lowest BCUT2D eigenvalue weighted by atomic mass is 9.95. The van der Waals surface area contributed by atoms with Crippen molar-refractivity contribution in [1.29, 1.82) is 0 Å². The first-order chi connectivity index (χ1) is 17.9. The summed E-state index contributed by atoms with van der Waals surface area (Å²) in [6, 6.07) is 11.5. The van der Waals surface area contributed by atoms with Crippen molar-refractivity contribution in [1.82, 2.24) is 20.4 Å². The molecule has 1 aromatic heterocycles. The molecule has 0 bridgehead atoms. The molecule has 0 spiro atoms. The summed E-state index contributed by atoms with van der Waals surface area (Å²) >= 11 is 6.57. The minimum Gasteiger partial charge on any atom is -0.507 e. The molecule has 2 amide bonds. The number of aromatic nitrogens is 2. The zero-order valence-corrected chi connectivity index (χ0v) is 21.0. The molecule has 0 saturated carbocycles. The molecule has 6 rings (SSSR count). The maximum absolute atomic E-state index is 15.0. The van der Waals surface area contributed by atoms with Crippen LogP contribution >= 0.6 is 11.6 Å². The maximum Gasteiger partial charge on any atom is 0.324 e. The van der Waals surface area contributed by atoms with Gasteiger partial charge in [-0.2, -0.15) is 5.10 Å². The summed E-state index contributed by atoms with van der Waals surface area (Å²) in [7, 11) is 1.74. The minimum atomic E-state index is -0.477. The Labute approximate surface area is 218 Å². The summed E-state index contributed by atoms with van der Waals surface area (Å²) in [4.78, 5) is 17.9. The Morgan fingerprint density at radius 2 is 1.73 bits per heavy atom. The molecule has 0 unspecified atom stereocenters. The van der Waals surface area contributed by atoms with E-state index in [2.05, 4.69) is 20.4 Å². The van der Waals surface area contributed by atoms with Gasteiger partial charge >= 0.3 is 6.03 Å². The van der Waals surface area contributed by atoms with Crippen LogP contribution in [0.5, 0.6) is 5.75 Å². The van der Waals surface area contributed by atoms with Gasteiger partial charge in [0.15, 0.2) is 0 Å². The van der Waals surface area contributed by atoms with Crippen molar-refractivity contribution in [3.63, 3.8) is 0 Å². The van der Waals surface area contributed by atoms with Crippen molar-refractivity contribution < 1.29 is 14.3 Å². The molecule has 0 radical (unpaired) electrons. The Morgan fingerprint density at radius 1 is 0.973 bits per heavy atom. The Bertz CT molecular complexity index is 1520. The second-order valence-electron chi connectivity index (χ2n) is 9.44. The number of halogens is 2. The third-order valence-corrected chi connectivity index (χ3v) is 7.44. The Morgan fingerprint density at radius 3 is 2.43 bits per heavy atom. The van der Waals surface area contributed by atoms with Gasteiger partial charge in [-0.3, -0.25) is 10.00 Å². The molecule has 2 fully saturated rings. The highest BCUT2D eigenvalue weighted by Crippen LogP contribution is 2.43. The lowest BCUT2D eigenvalue weighted by Gasteiger charge is -2.30. The number of fused-ring (bicyclic) bond motifs is 1. The number of urea groups is 1. The summed E-state index contributed by atoms with van der Waals surface area (Å²) < 4.78 is 15.0. The van der Waals surface area contributed by atoms with Gasteiger partial charge in [0.25, 0.3) is 0 Å². The van der Waals surface area contributed by atoms with E-state index in [0.717, 1.165) is 42.8 Å². The van der Waals surface area contributed by atoms with Gasteiger partial charge < -0.3 is 20.2 Å². The molecule has 2 saturated heterocycles. The third-order valence-electron chi connectivity index (χ3n) is 7.14. The molecule has 8 nitrogen and oxygen atoms in total. The van der Waals surface area contributed by atoms with E-state index in [1.54, 1.807) is 41.2 Å². The van der Waals surface area contributed by atoms with Gasteiger partial charge in [-0.1, -0.05) is 17.7 Å². The number of aromatic hydroxyl groups is 1. The van der Waals surface area contributed by atoms with Gasteiger partial charge in [-0.05, 0) is 47.5 Å². The average molecular weight is 521 g/mol. The number of nitrogens with one attached hydrogen (secondary N) is 2. The van der Waals surface area contributed by atoms with Gasteiger partial charge in [-0.15, -0.1) is 0 Å². The Hall–Kier alpha value is -3.82. The van der Waals surface area contributed by atoms with E-state index in [1.165, 1.54) is 12.1 Å². The van der Waals surface area contributed by atoms with Crippen LogP contribution < -0.4 is 15.1 Å². The number of hydrogen-bond acceptors (Lipinski definition) is 5. The highest BCUT2D eigenvalue weighted by atomic mass is 35.5. The van der Waals surface area contributed by atoms with E-state index in [0.29, 0.717) is 46.1 Å². The first-order valence-electron chi connectivity index (χ1n) is 12.2. The van der Waals surface area contributed by atoms with E-state index >= 15 is 0 Å². The van der Waals surface area contributed by atoms with E-state index in [1.807, 2.05) is 12.1 Å². The quantitative estimate of drug-likeness (QED) is 0.364. The van der Waals surface area contributed by atoms with Crippen LogP contribution in [-0.2, 0) is 0 Å². The van der Waals surface area contributed by atoms with Crippen molar-refractivity contribution in [2.75, 3.05) is 56.1 Å². The lowest BCUT2D eigenvalue weighted by Crippen LogP contribution is -2.43. The predicted molar refractivity (Wildman–Crippen MR) is 144 cm³/mol. The van der Waals surface area contributed by atoms with Crippen LogP contribution in [0, 0.1) is 5.82 Å². The number of rotatable bonds is 4. The fourth-order valence-electron chi connectivity index (χ4n) is 5.15. The Balaban J connectivity index is 1.43. The number of phenols is 1. The SMILES string of the molecule is CN1CCN(c2ccc(-c3cc(F)cc(-c4cc(N5CCNCC5)c5[nH]ncc5c4)c3O)cc2Cl)C1=O. The molecule has 3 aromatic carbocycles. The smallest absolute Gasteiger partial charge is 0.324 e. The lowest BCUT2D eigenvalue weighted by molar-refractivity contribution is 0.229. The summed E-state index contributed by atoms with van der Waals surface area (Å²) in [5, 5.41) is 23.2. The van der Waals surface area contributed by atoms with Crippen LogP contribution in [0.25, 0.3) is 33.2 Å². The van der Waals surface area contributed by atoms with Crippen LogP contribution in [0.15, 0.2) is 48.7 Å². The number of carbonyl (C=O) groups is 1. The molecule has 190 valence electrons. The molecular formula is C27H26ClFN6O2. The number of likely N-dealkylation sites (N-methyl/N-ethyl adjacent to an activating group) is 1. The van der Waals surface area contributed by atoms with Crippen molar-refractivity contribution in [3.8, 4) is 28.0 Å². The highest BCUT2D eigenvalue weighted by molar-refractivity contribution is 6.34. The van der Waals surface area contributed by atoms with Crippen LogP contribution in [0.2, 0.25) is 5.02 Å². The monoisotopic (exact) mass is 520 g/mol. The molecule has 2 aliphatic rings. The number of phenolic OH excluding ortho intramolecular Hbond substituents is 1. The van der Waals surface area contributed by atoms with Crippen molar-refractivity contribution in [3.05, 3.63) is 59.5 Å². The average Bonchev–Trinajstić information content (AvgIpc) is 3.51. The number of aromatic amines is 1. The predicted octanol–water partition coefficient (Wildman–Crippen LogP) is 4.68. The molecule has 4 aromatic rings. The molecule has 3 N–H and O–H groups in total. The summed E-state index contributed by atoms with van der Waals surface area (Å²) in [5.74, 6) is -0.522. The molecule has 2 aliphatic heterocycles. The molecule has 10 heteroatoms. The van der Waals surface area contributed by atoms with E-state index in [4.69, 9.17) is 11.6 Å². The van der Waals surface area contributed by atoms with Crippen molar-refractivity contribution in [2.24, 2.45) is 0 Å². The first kappa shape index (κ1) is 23.6. The van der Waals surface area contributed by atoms with Gasteiger partial charge in [0.05, 0.1) is 28.1 Å². The van der Waals surface area contributed by atoms with E-state index in [-0.39, 0.29) is 11.8 Å². The summed E-state index contributed by atoms with van der Waals surface area (Å²) in [6.45, 7) is 4.55. The Kier molecular flexibility index (Phi) is 5.89. The van der Waals surface area contributed by atoms with Crippen molar-refractivity contribution in [2.45, 2.75) is 0 Å².